The van der Waals surface area contributed by atoms with E-state index in [1.54, 1.807) is 10.8 Å². The van der Waals surface area contributed by atoms with E-state index in [4.69, 9.17) is 4.98 Å². The Morgan fingerprint density at radius 2 is 1.86 bits per heavy atom. The molecular weight excluding hydrogens is 380 g/mol. The summed E-state index contributed by atoms with van der Waals surface area (Å²) in [5, 5.41) is 0.973. The van der Waals surface area contributed by atoms with E-state index >= 15 is 0 Å². The molecule has 0 saturated heterocycles. The molecule has 0 spiro atoms. The molecule has 29 heavy (non-hydrogen) atoms. The Kier molecular flexibility index (Phi) is 5.37. The quantitative estimate of drug-likeness (QED) is 0.454. The maximum absolute atomic E-state index is 13.6. The minimum Gasteiger partial charge on any atom is -0.377 e. The van der Waals surface area contributed by atoms with Crippen LogP contribution < -0.4 is 10.5 Å². The zero-order valence-corrected chi connectivity index (χ0v) is 18.2. The summed E-state index contributed by atoms with van der Waals surface area (Å²) < 4.78 is 2.46. The predicted molar refractivity (Wildman–Crippen MR) is 123 cm³/mol. The van der Waals surface area contributed by atoms with E-state index in [9.17, 15) is 4.79 Å². The van der Waals surface area contributed by atoms with Gasteiger partial charge in [0.25, 0.3) is 5.56 Å². The molecule has 0 saturated carbocycles. The van der Waals surface area contributed by atoms with Crippen molar-refractivity contribution in [3.05, 3.63) is 58.3 Å². The molecule has 0 radical (unpaired) electrons. The second-order valence-electron chi connectivity index (χ2n) is 7.48. The molecule has 5 nitrogen and oxygen atoms in total. The summed E-state index contributed by atoms with van der Waals surface area (Å²) in [7, 11) is 4.01. The second-order valence-corrected chi connectivity index (χ2v) is 8.48. The zero-order chi connectivity index (χ0) is 20.5. The van der Waals surface area contributed by atoms with Gasteiger partial charge in [-0.05, 0) is 36.6 Å². The molecule has 0 aliphatic rings. The summed E-state index contributed by atoms with van der Waals surface area (Å²) in [5.74, 6) is 0.821. The van der Waals surface area contributed by atoms with E-state index in [0.29, 0.717) is 4.70 Å². The molecule has 3 heterocycles. The number of thiophene rings is 1. The molecule has 6 heteroatoms. The van der Waals surface area contributed by atoms with Gasteiger partial charge in [0.05, 0.1) is 16.8 Å². The number of fused-ring (bicyclic) bond motifs is 3. The van der Waals surface area contributed by atoms with Gasteiger partial charge in [-0.25, -0.2) is 9.97 Å². The number of hydrogen-bond acceptors (Lipinski definition) is 5. The molecule has 4 rings (SSSR count). The normalized spacial score (nSPS) is 11.4. The standard InChI is InChI=1S/C23H26N4OS/c1-5-7-8-18-25-20-19-17(26(3)4)13-14-24-22(19)29-21(20)23(28)27(18)16-11-9-15(6-2)10-12-16/h9-14H,5-8H2,1-4H3. The average molecular weight is 407 g/mol. The topological polar surface area (TPSA) is 51.0 Å². The highest BCUT2D eigenvalue weighted by atomic mass is 32.1. The van der Waals surface area contributed by atoms with E-state index in [0.717, 1.165) is 58.6 Å². The molecule has 3 aromatic heterocycles. The number of nitrogens with zero attached hydrogens (tertiary/aromatic N) is 4. The van der Waals surface area contributed by atoms with Crippen LogP contribution in [0.15, 0.2) is 41.3 Å². The van der Waals surface area contributed by atoms with Gasteiger partial charge in [0, 0.05) is 26.7 Å². The fraction of sp³-hybridized carbons (Fsp3) is 0.348. The average Bonchev–Trinajstić information content (AvgIpc) is 3.11. The summed E-state index contributed by atoms with van der Waals surface area (Å²) in [6.07, 6.45) is 5.59. The van der Waals surface area contributed by atoms with Crippen LogP contribution in [0, 0.1) is 0 Å². The molecule has 150 valence electrons. The van der Waals surface area contributed by atoms with Crippen molar-refractivity contribution in [3.63, 3.8) is 0 Å². The van der Waals surface area contributed by atoms with Gasteiger partial charge in [-0.15, -0.1) is 11.3 Å². The SMILES string of the molecule is CCCCc1nc2c(sc3nccc(N(C)C)c32)c(=O)n1-c1ccc(CC)cc1. The van der Waals surface area contributed by atoms with Crippen molar-refractivity contribution < 1.29 is 0 Å². The van der Waals surface area contributed by atoms with Crippen LogP contribution in [0.1, 0.15) is 38.1 Å². The van der Waals surface area contributed by atoms with Crippen molar-refractivity contribution in [2.45, 2.75) is 39.5 Å². The third kappa shape index (κ3) is 3.42. The summed E-state index contributed by atoms with van der Waals surface area (Å²) in [4.78, 5) is 26.1. The number of aryl methyl sites for hydroxylation is 2. The van der Waals surface area contributed by atoms with Gasteiger partial charge in [-0.2, -0.15) is 0 Å². The maximum Gasteiger partial charge on any atom is 0.276 e. The number of pyridine rings is 1. The molecule has 0 amide bonds. The molecular formula is C23H26N4OS. The molecule has 0 aliphatic carbocycles. The van der Waals surface area contributed by atoms with Gasteiger partial charge in [-0.1, -0.05) is 32.4 Å². The lowest BCUT2D eigenvalue weighted by Crippen LogP contribution is -2.23. The first-order chi connectivity index (χ1) is 14.0. The Labute approximate surface area is 174 Å². The molecule has 0 aliphatic heterocycles. The monoisotopic (exact) mass is 406 g/mol. The lowest BCUT2D eigenvalue weighted by Gasteiger charge is -2.15. The van der Waals surface area contributed by atoms with Crippen LogP contribution in [0.2, 0.25) is 0 Å². The summed E-state index contributed by atoms with van der Waals surface area (Å²) in [6.45, 7) is 4.29. The van der Waals surface area contributed by atoms with E-state index in [1.165, 1.54) is 16.9 Å². The van der Waals surface area contributed by atoms with Crippen LogP contribution in [0.4, 0.5) is 5.69 Å². The molecule has 0 unspecified atom stereocenters. The van der Waals surface area contributed by atoms with Crippen molar-refractivity contribution in [2.24, 2.45) is 0 Å². The Bertz CT molecular complexity index is 1220. The first kappa shape index (κ1) is 19.6. The first-order valence-electron chi connectivity index (χ1n) is 10.1. The Morgan fingerprint density at radius 1 is 1.10 bits per heavy atom. The van der Waals surface area contributed by atoms with Gasteiger partial charge in [0.2, 0.25) is 0 Å². The van der Waals surface area contributed by atoms with Gasteiger partial charge >= 0.3 is 0 Å². The minimum atomic E-state index is -0.00180. The molecule has 0 atom stereocenters. The Morgan fingerprint density at radius 3 is 2.52 bits per heavy atom. The fourth-order valence-electron chi connectivity index (χ4n) is 3.66. The highest BCUT2D eigenvalue weighted by Crippen LogP contribution is 2.35. The van der Waals surface area contributed by atoms with Crippen molar-refractivity contribution in [1.82, 2.24) is 14.5 Å². The van der Waals surface area contributed by atoms with Crippen LogP contribution in [0.3, 0.4) is 0 Å². The van der Waals surface area contributed by atoms with Crippen LogP contribution in [-0.2, 0) is 12.8 Å². The third-order valence-electron chi connectivity index (χ3n) is 5.28. The Hall–Kier alpha value is -2.73. The number of anilines is 1. The van der Waals surface area contributed by atoms with E-state index < -0.39 is 0 Å². The predicted octanol–water partition coefficient (Wildman–Crippen LogP) is 4.97. The van der Waals surface area contributed by atoms with E-state index in [2.05, 4.69) is 35.9 Å². The molecule has 4 aromatic rings. The van der Waals surface area contributed by atoms with Crippen LogP contribution >= 0.6 is 11.3 Å². The number of aromatic nitrogens is 3. The summed E-state index contributed by atoms with van der Waals surface area (Å²) in [5.41, 5.74) is 3.95. The highest BCUT2D eigenvalue weighted by Gasteiger charge is 2.20. The summed E-state index contributed by atoms with van der Waals surface area (Å²) >= 11 is 1.44. The van der Waals surface area contributed by atoms with Crippen molar-refractivity contribution in [1.29, 1.82) is 0 Å². The van der Waals surface area contributed by atoms with E-state index in [1.807, 2.05) is 32.3 Å². The first-order valence-corrected chi connectivity index (χ1v) is 11.0. The largest absolute Gasteiger partial charge is 0.377 e. The third-order valence-corrected chi connectivity index (χ3v) is 6.35. The van der Waals surface area contributed by atoms with Crippen LogP contribution in [-0.4, -0.2) is 28.6 Å². The lowest BCUT2D eigenvalue weighted by atomic mass is 10.1. The van der Waals surface area contributed by atoms with Gasteiger partial charge in [-0.3, -0.25) is 9.36 Å². The van der Waals surface area contributed by atoms with Gasteiger partial charge < -0.3 is 4.90 Å². The molecule has 0 N–H and O–H groups in total. The highest BCUT2D eigenvalue weighted by molar-refractivity contribution is 7.25. The second kappa shape index (κ2) is 7.95. The minimum absolute atomic E-state index is 0.00180. The van der Waals surface area contributed by atoms with Crippen molar-refractivity contribution >= 4 is 37.5 Å². The number of hydrogen-bond donors (Lipinski definition) is 0. The lowest BCUT2D eigenvalue weighted by molar-refractivity contribution is 0.721. The molecule has 0 bridgehead atoms. The summed E-state index contributed by atoms with van der Waals surface area (Å²) in [6, 6.07) is 10.2. The van der Waals surface area contributed by atoms with Crippen LogP contribution in [0.5, 0.6) is 0 Å². The van der Waals surface area contributed by atoms with Gasteiger partial charge in [0.15, 0.2) is 0 Å². The zero-order valence-electron chi connectivity index (χ0n) is 17.4. The molecule has 0 fully saturated rings. The van der Waals surface area contributed by atoms with Crippen LogP contribution in [0.25, 0.3) is 26.1 Å². The smallest absolute Gasteiger partial charge is 0.276 e. The van der Waals surface area contributed by atoms with Crippen molar-refractivity contribution in [3.8, 4) is 5.69 Å². The number of rotatable bonds is 6. The van der Waals surface area contributed by atoms with E-state index in [-0.39, 0.29) is 5.56 Å². The number of unbranched alkanes of at least 4 members (excludes halogenated alkanes) is 1. The number of benzene rings is 1. The molecule has 1 aromatic carbocycles. The fourth-order valence-corrected chi connectivity index (χ4v) is 4.70. The van der Waals surface area contributed by atoms with Gasteiger partial charge in [0.1, 0.15) is 20.9 Å². The Balaban J connectivity index is 2.04. The maximum atomic E-state index is 13.6. The van der Waals surface area contributed by atoms with Crippen molar-refractivity contribution in [2.75, 3.05) is 19.0 Å².